The van der Waals surface area contributed by atoms with E-state index in [0.717, 1.165) is 13.0 Å². The lowest BCUT2D eigenvalue weighted by Crippen LogP contribution is -2.27. The van der Waals surface area contributed by atoms with Crippen molar-refractivity contribution < 1.29 is 9.47 Å². The van der Waals surface area contributed by atoms with Crippen molar-refractivity contribution in [2.24, 2.45) is 5.92 Å². The quantitative estimate of drug-likeness (QED) is 0.575. The van der Waals surface area contributed by atoms with Crippen LogP contribution >= 0.6 is 0 Å². The summed E-state index contributed by atoms with van der Waals surface area (Å²) in [6.45, 7) is 8.99. The molecular formula is C9H20O2. The first-order valence-electron chi connectivity index (χ1n) is 4.17. The van der Waals surface area contributed by atoms with Gasteiger partial charge in [0, 0.05) is 7.11 Å². The fourth-order valence-corrected chi connectivity index (χ4v) is 0.599. The van der Waals surface area contributed by atoms with Crippen LogP contribution < -0.4 is 0 Å². The van der Waals surface area contributed by atoms with Gasteiger partial charge in [-0.05, 0) is 26.2 Å². The van der Waals surface area contributed by atoms with Crippen LogP contribution in [-0.4, -0.2) is 19.5 Å². The highest BCUT2D eigenvalue weighted by atomic mass is 16.7. The number of hydrogen-bond donors (Lipinski definition) is 0. The van der Waals surface area contributed by atoms with Crippen LogP contribution in [0.5, 0.6) is 0 Å². The zero-order valence-corrected chi connectivity index (χ0v) is 8.31. The molecule has 0 rings (SSSR count). The van der Waals surface area contributed by atoms with Crippen LogP contribution in [-0.2, 0) is 9.47 Å². The van der Waals surface area contributed by atoms with Crippen molar-refractivity contribution in [2.45, 2.75) is 39.9 Å². The van der Waals surface area contributed by atoms with Crippen LogP contribution in [0.1, 0.15) is 34.1 Å². The van der Waals surface area contributed by atoms with Crippen molar-refractivity contribution in [3.63, 3.8) is 0 Å². The molecule has 0 N–H and O–H groups in total. The van der Waals surface area contributed by atoms with Crippen LogP contribution in [0.25, 0.3) is 0 Å². The van der Waals surface area contributed by atoms with Gasteiger partial charge in [-0.3, -0.25) is 0 Å². The summed E-state index contributed by atoms with van der Waals surface area (Å²) in [6, 6.07) is 0. The van der Waals surface area contributed by atoms with Gasteiger partial charge >= 0.3 is 0 Å². The number of rotatable bonds is 5. The SMILES string of the molecule is COC(C)(C)OCCC(C)C. The molecule has 0 spiro atoms. The summed E-state index contributed by atoms with van der Waals surface area (Å²) in [5.41, 5.74) is 0. The molecule has 0 fully saturated rings. The average Bonchev–Trinajstić information content (AvgIpc) is 1.87. The summed E-state index contributed by atoms with van der Waals surface area (Å²) in [4.78, 5) is 0. The fourth-order valence-electron chi connectivity index (χ4n) is 0.599. The van der Waals surface area contributed by atoms with E-state index in [9.17, 15) is 0 Å². The van der Waals surface area contributed by atoms with Crippen molar-refractivity contribution in [1.29, 1.82) is 0 Å². The Balaban J connectivity index is 3.38. The summed E-state index contributed by atoms with van der Waals surface area (Å²) >= 11 is 0. The third kappa shape index (κ3) is 6.32. The molecule has 0 amide bonds. The highest BCUT2D eigenvalue weighted by Gasteiger charge is 2.15. The van der Waals surface area contributed by atoms with E-state index < -0.39 is 5.79 Å². The molecule has 0 atom stereocenters. The second kappa shape index (κ2) is 4.73. The summed E-state index contributed by atoms with van der Waals surface area (Å²) in [5, 5.41) is 0. The van der Waals surface area contributed by atoms with Gasteiger partial charge in [-0.25, -0.2) is 0 Å². The molecule has 0 saturated heterocycles. The molecule has 0 aliphatic carbocycles. The molecule has 0 aromatic rings. The molecule has 0 aliphatic heterocycles. The lowest BCUT2D eigenvalue weighted by molar-refractivity contribution is -0.198. The number of ether oxygens (including phenoxy) is 2. The van der Waals surface area contributed by atoms with Crippen molar-refractivity contribution in [3.05, 3.63) is 0 Å². The third-order valence-corrected chi connectivity index (χ3v) is 1.64. The van der Waals surface area contributed by atoms with Gasteiger partial charge in [0.15, 0.2) is 5.79 Å². The predicted molar refractivity (Wildman–Crippen MR) is 46.5 cm³/mol. The Morgan fingerprint density at radius 3 is 2.18 bits per heavy atom. The van der Waals surface area contributed by atoms with Crippen LogP contribution in [0.3, 0.4) is 0 Å². The maximum atomic E-state index is 5.47. The second-order valence-electron chi connectivity index (χ2n) is 3.63. The Morgan fingerprint density at radius 2 is 1.82 bits per heavy atom. The van der Waals surface area contributed by atoms with E-state index >= 15 is 0 Å². The van der Waals surface area contributed by atoms with Gasteiger partial charge in [0.25, 0.3) is 0 Å². The summed E-state index contributed by atoms with van der Waals surface area (Å²) in [7, 11) is 1.66. The topological polar surface area (TPSA) is 18.5 Å². The van der Waals surface area contributed by atoms with Gasteiger partial charge in [0.05, 0.1) is 6.61 Å². The highest BCUT2D eigenvalue weighted by Crippen LogP contribution is 2.11. The first-order valence-corrected chi connectivity index (χ1v) is 4.17. The zero-order chi connectivity index (χ0) is 8.91. The lowest BCUT2D eigenvalue weighted by Gasteiger charge is -2.23. The number of hydrogen-bond acceptors (Lipinski definition) is 2. The van der Waals surface area contributed by atoms with E-state index in [2.05, 4.69) is 13.8 Å². The molecule has 0 unspecified atom stereocenters. The van der Waals surface area contributed by atoms with Gasteiger partial charge in [-0.1, -0.05) is 13.8 Å². The molecule has 0 heterocycles. The van der Waals surface area contributed by atoms with Gasteiger partial charge in [0.1, 0.15) is 0 Å². The van der Waals surface area contributed by atoms with Crippen LogP contribution in [0.2, 0.25) is 0 Å². The number of methoxy groups -OCH3 is 1. The highest BCUT2D eigenvalue weighted by molar-refractivity contribution is 4.52. The summed E-state index contributed by atoms with van der Waals surface area (Å²) in [5.74, 6) is 0.275. The van der Waals surface area contributed by atoms with Crippen LogP contribution in [0.15, 0.2) is 0 Å². The Kier molecular flexibility index (Phi) is 4.69. The normalized spacial score (nSPS) is 12.5. The minimum atomic E-state index is -0.422. The minimum absolute atomic E-state index is 0.422. The van der Waals surface area contributed by atoms with E-state index in [4.69, 9.17) is 9.47 Å². The van der Waals surface area contributed by atoms with Gasteiger partial charge in [-0.2, -0.15) is 0 Å². The summed E-state index contributed by atoms with van der Waals surface area (Å²) in [6.07, 6.45) is 1.09. The van der Waals surface area contributed by atoms with E-state index in [1.807, 2.05) is 13.8 Å². The minimum Gasteiger partial charge on any atom is -0.354 e. The van der Waals surface area contributed by atoms with Crippen molar-refractivity contribution >= 4 is 0 Å². The van der Waals surface area contributed by atoms with E-state index in [0.29, 0.717) is 5.92 Å². The molecule has 0 radical (unpaired) electrons. The first-order chi connectivity index (χ1) is 4.98. The maximum absolute atomic E-state index is 5.47. The van der Waals surface area contributed by atoms with Gasteiger partial charge in [-0.15, -0.1) is 0 Å². The molecule has 0 saturated carbocycles. The predicted octanol–water partition coefficient (Wildman–Crippen LogP) is 2.43. The third-order valence-electron chi connectivity index (χ3n) is 1.64. The van der Waals surface area contributed by atoms with E-state index in [-0.39, 0.29) is 0 Å². The van der Waals surface area contributed by atoms with Crippen LogP contribution in [0.4, 0.5) is 0 Å². The van der Waals surface area contributed by atoms with E-state index in [1.54, 1.807) is 7.11 Å². The molecule has 11 heavy (non-hydrogen) atoms. The molecule has 0 aromatic heterocycles. The largest absolute Gasteiger partial charge is 0.354 e. The van der Waals surface area contributed by atoms with E-state index in [1.165, 1.54) is 0 Å². The Labute approximate surface area is 69.9 Å². The zero-order valence-electron chi connectivity index (χ0n) is 8.31. The maximum Gasteiger partial charge on any atom is 0.162 e. The molecule has 2 heteroatoms. The van der Waals surface area contributed by atoms with Crippen molar-refractivity contribution in [2.75, 3.05) is 13.7 Å². The molecule has 2 nitrogen and oxygen atoms in total. The van der Waals surface area contributed by atoms with Gasteiger partial charge < -0.3 is 9.47 Å². The summed E-state index contributed by atoms with van der Waals surface area (Å²) < 4.78 is 10.6. The molecular weight excluding hydrogens is 140 g/mol. The molecule has 68 valence electrons. The van der Waals surface area contributed by atoms with Crippen molar-refractivity contribution in [3.8, 4) is 0 Å². The smallest absolute Gasteiger partial charge is 0.162 e. The molecule has 0 aromatic carbocycles. The van der Waals surface area contributed by atoms with Gasteiger partial charge in [0.2, 0.25) is 0 Å². The standard InChI is InChI=1S/C9H20O2/c1-8(2)6-7-11-9(3,4)10-5/h8H,6-7H2,1-5H3. The lowest BCUT2D eigenvalue weighted by atomic mass is 10.1. The molecule has 0 bridgehead atoms. The Hall–Kier alpha value is -0.0800. The van der Waals surface area contributed by atoms with Crippen molar-refractivity contribution in [1.82, 2.24) is 0 Å². The Bertz CT molecular complexity index is 97.7. The second-order valence-corrected chi connectivity index (χ2v) is 3.63. The molecule has 0 aliphatic rings. The monoisotopic (exact) mass is 160 g/mol. The first kappa shape index (κ1) is 10.9. The van der Waals surface area contributed by atoms with Crippen LogP contribution in [0, 0.1) is 5.92 Å². The fraction of sp³-hybridized carbons (Fsp3) is 1.00. The average molecular weight is 160 g/mol. The Morgan fingerprint density at radius 1 is 1.27 bits per heavy atom.